The molecular weight excluding hydrogens is 344 g/mol. The van der Waals surface area contributed by atoms with Gasteiger partial charge in [-0.3, -0.25) is 4.90 Å². The van der Waals surface area contributed by atoms with Crippen LogP contribution in [0.25, 0.3) is 0 Å². The zero-order valence-electron chi connectivity index (χ0n) is 16.2. The van der Waals surface area contributed by atoms with Gasteiger partial charge in [-0.1, -0.05) is 37.6 Å². The number of hydrogen-bond donors (Lipinski definition) is 0. The average molecular weight is 379 g/mol. The Labute approximate surface area is 159 Å². The highest BCUT2D eigenvalue weighted by molar-refractivity contribution is 7.89. The van der Waals surface area contributed by atoms with Crippen LogP contribution >= 0.6 is 0 Å². The standard InChI is InChI=1S/C21H34N2O2S/c1-2-16-26(24,25)23-14-10-20(11-15-23)17-19-6-8-21(9-7-19)18-22-12-4-3-5-13-22/h6-9,20H,2-5,10-18H2,1H3. The third-order valence-electron chi connectivity index (χ3n) is 5.83. The van der Waals surface area contributed by atoms with Crippen LogP contribution in [-0.4, -0.2) is 49.6 Å². The molecule has 1 aromatic carbocycles. The third kappa shape index (κ3) is 5.54. The Bertz CT molecular complexity index is 643. The topological polar surface area (TPSA) is 40.6 Å². The second-order valence-corrected chi connectivity index (χ2v) is 10.1. The summed E-state index contributed by atoms with van der Waals surface area (Å²) >= 11 is 0. The van der Waals surface area contributed by atoms with Crippen molar-refractivity contribution in [3.63, 3.8) is 0 Å². The lowest BCUT2D eigenvalue weighted by Gasteiger charge is -2.31. The van der Waals surface area contributed by atoms with Crippen LogP contribution in [-0.2, 0) is 23.0 Å². The fourth-order valence-corrected chi connectivity index (χ4v) is 5.81. The predicted molar refractivity (Wildman–Crippen MR) is 108 cm³/mol. The molecule has 2 fully saturated rings. The van der Waals surface area contributed by atoms with Crippen LogP contribution in [0, 0.1) is 5.92 Å². The highest BCUT2D eigenvalue weighted by Crippen LogP contribution is 2.24. The molecule has 2 aliphatic heterocycles. The Kier molecular flexibility index (Phi) is 7.12. The van der Waals surface area contributed by atoms with E-state index in [4.69, 9.17) is 0 Å². The van der Waals surface area contributed by atoms with E-state index in [1.165, 1.54) is 43.5 Å². The van der Waals surface area contributed by atoms with Gasteiger partial charge < -0.3 is 0 Å². The molecule has 0 saturated carbocycles. The second-order valence-electron chi connectivity index (χ2n) is 8.02. The average Bonchev–Trinajstić information content (AvgIpc) is 2.65. The molecule has 4 nitrogen and oxygen atoms in total. The maximum absolute atomic E-state index is 12.2. The van der Waals surface area contributed by atoms with Gasteiger partial charge >= 0.3 is 0 Å². The van der Waals surface area contributed by atoms with Crippen LogP contribution in [0.5, 0.6) is 0 Å². The van der Waals surface area contributed by atoms with Crippen molar-refractivity contribution >= 4 is 10.0 Å². The Morgan fingerprint density at radius 3 is 2.15 bits per heavy atom. The smallest absolute Gasteiger partial charge is 0.214 e. The molecule has 0 aliphatic carbocycles. The van der Waals surface area contributed by atoms with Crippen LogP contribution in [0.3, 0.4) is 0 Å². The van der Waals surface area contributed by atoms with Crippen LogP contribution in [0.1, 0.15) is 56.6 Å². The molecule has 2 heterocycles. The van der Waals surface area contributed by atoms with Gasteiger partial charge in [-0.15, -0.1) is 0 Å². The molecule has 0 bridgehead atoms. The summed E-state index contributed by atoms with van der Waals surface area (Å²) in [7, 11) is -3.02. The summed E-state index contributed by atoms with van der Waals surface area (Å²) in [6.07, 6.45) is 7.80. The fraction of sp³-hybridized carbons (Fsp3) is 0.714. The molecular formula is C21H34N2O2S. The monoisotopic (exact) mass is 378 g/mol. The summed E-state index contributed by atoms with van der Waals surface area (Å²) in [4.78, 5) is 2.56. The van der Waals surface area contributed by atoms with Crippen molar-refractivity contribution in [2.45, 2.75) is 58.4 Å². The number of sulfonamides is 1. The summed E-state index contributed by atoms with van der Waals surface area (Å²) in [5.74, 6) is 0.895. The van der Waals surface area contributed by atoms with Crippen LogP contribution < -0.4 is 0 Å². The first-order chi connectivity index (χ1) is 12.6. The van der Waals surface area contributed by atoms with E-state index in [9.17, 15) is 8.42 Å². The number of likely N-dealkylation sites (tertiary alicyclic amines) is 1. The normalized spacial score (nSPS) is 21.1. The number of rotatable bonds is 7. The van der Waals surface area contributed by atoms with Gasteiger partial charge in [-0.05, 0) is 68.7 Å². The summed E-state index contributed by atoms with van der Waals surface area (Å²) in [5, 5.41) is 0. The van der Waals surface area contributed by atoms with Gasteiger partial charge in [0.05, 0.1) is 5.75 Å². The van der Waals surface area contributed by atoms with Crippen LogP contribution in [0.4, 0.5) is 0 Å². The lowest BCUT2D eigenvalue weighted by molar-refractivity contribution is 0.221. The lowest BCUT2D eigenvalue weighted by atomic mass is 9.90. The minimum Gasteiger partial charge on any atom is -0.299 e. The molecule has 146 valence electrons. The molecule has 2 saturated heterocycles. The Balaban J connectivity index is 1.46. The molecule has 3 rings (SSSR count). The SMILES string of the molecule is CCCS(=O)(=O)N1CCC(Cc2ccc(CN3CCCCC3)cc2)CC1. The zero-order valence-corrected chi connectivity index (χ0v) is 17.0. The fourth-order valence-electron chi connectivity index (χ4n) is 4.27. The first-order valence-corrected chi connectivity index (χ1v) is 12.0. The zero-order chi connectivity index (χ0) is 18.4. The van der Waals surface area contributed by atoms with E-state index >= 15 is 0 Å². The van der Waals surface area contributed by atoms with Crippen molar-refractivity contribution in [2.24, 2.45) is 5.92 Å². The Morgan fingerprint density at radius 2 is 1.54 bits per heavy atom. The van der Waals surface area contributed by atoms with E-state index in [0.29, 0.717) is 25.4 Å². The van der Waals surface area contributed by atoms with E-state index in [1.807, 2.05) is 6.92 Å². The predicted octanol–water partition coefficient (Wildman–Crippen LogP) is 3.67. The summed E-state index contributed by atoms with van der Waals surface area (Å²) in [6.45, 7) is 6.87. The highest BCUT2D eigenvalue weighted by atomic mass is 32.2. The van der Waals surface area contributed by atoms with Gasteiger partial charge in [0.25, 0.3) is 0 Å². The molecule has 0 spiro atoms. The van der Waals surface area contributed by atoms with Crippen LogP contribution in [0.15, 0.2) is 24.3 Å². The molecule has 0 amide bonds. The maximum atomic E-state index is 12.2. The summed E-state index contributed by atoms with van der Waals surface area (Å²) in [5.41, 5.74) is 2.80. The van der Waals surface area contributed by atoms with Gasteiger partial charge in [-0.2, -0.15) is 0 Å². The first-order valence-electron chi connectivity index (χ1n) is 10.3. The van der Waals surface area contributed by atoms with Gasteiger partial charge in [0, 0.05) is 19.6 Å². The van der Waals surface area contributed by atoms with Crippen LogP contribution in [0.2, 0.25) is 0 Å². The number of piperidine rings is 2. The van der Waals surface area contributed by atoms with Crippen molar-refractivity contribution in [2.75, 3.05) is 31.9 Å². The number of nitrogens with zero attached hydrogens (tertiary/aromatic N) is 2. The molecule has 5 heteroatoms. The van der Waals surface area contributed by atoms with Gasteiger partial charge in [0.1, 0.15) is 0 Å². The van der Waals surface area contributed by atoms with Crippen molar-refractivity contribution in [3.05, 3.63) is 35.4 Å². The summed E-state index contributed by atoms with van der Waals surface area (Å²) in [6, 6.07) is 9.12. The van der Waals surface area contributed by atoms with E-state index < -0.39 is 10.0 Å². The Hall–Kier alpha value is -0.910. The van der Waals surface area contributed by atoms with Crippen molar-refractivity contribution in [1.82, 2.24) is 9.21 Å². The van der Waals surface area contributed by atoms with Gasteiger partial charge in [-0.25, -0.2) is 12.7 Å². The van der Waals surface area contributed by atoms with E-state index in [0.717, 1.165) is 25.8 Å². The molecule has 0 radical (unpaired) electrons. The molecule has 2 aliphatic rings. The molecule has 0 aromatic heterocycles. The van der Waals surface area contributed by atoms with Crippen molar-refractivity contribution < 1.29 is 8.42 Å². The quantitative estimate of drug-likeness (QED) is 0.727. The van der Waals surface area contributed by atoms with E-state index in [1.54, 1.807) is 4.31 Å². The van der Waals surface area contributed by atoms with E-state index in [-0.39, 0.29) is 5.75 Å². The lowest BCUT2D eigenvalue weighted by Crippen LogP contribution is -2.40. The number of benzene rings is 1. The van der Waals surface area contributed by atoms with Gasteiger partial charge in [0.2, 0.25) is 10.0 Å². The first kappa shape index (κ1) is 19.8. The Morgan fingerprint density at radius 1 is 0.923 bits per heavy atom. The minimum atomic E-state index is -3.02. The third-order valence-corrected chi connectivity index (χ3v) is 7.91. The van der Waals surface area contributed by atoms with Gasteiger partial charge in [0.15, 0.2) is 0 Å². The number of hydrogen-bond acceptors (Lipinski definition) is 3. The second kappa shape index (κ2) is 9.34. The molecule has 26 heavy (non-hydrogen) atoms. The molecule has 1 aromatic rings. The van der Waals surface area contributed by atoms with Crippen molar-refractivity contribution in [3.8, 4) is 0 Å². The summed E-state index contributed by atoms with van der Waals surface area (Å²) < 4.78 is 26.1. The maximum Gasteiger partial charge on any atom is 0.214 e. The largest absolute Gasteiger partial charge is 0.299 e. The molecule has 0 N–H and O–H groups in total. The van der Waals surface area contributed by atoms with E-state index in [2.05, 4.69) is 29.2 Å². The van der Waals surface area contributed by atoms with Crippen molar-refractivity contribution in [1.29, 1.82) is 0 Å². The minimum absolute atomic E-state index is 0.288. The highest BCUT2D eigenvalue weighted by Gasteiger charge is 2.27. The molecule has 0 unspecified atom stereocenters. The molecule has 0 atom stereocenters.